The van der Waals surface area contributed by atoms with E-state index in [9.17, 15) is 0 Å². The molecule has 22 heavy (non-hydrogen) atoms. The van der Waals surface area contributed by atoms with Crippen LogP contribution >= 0.6 is 0 Å². The molecule has 2 nitrogen and oxygen atoms in total. The molecule has 122 valence electrons. The van der Waals surface area contributed by atoms with E-state index in [1.165, 1.54) is 44.3 Å². The van der Waals surface area contributed by atoms with Crippen LogP contribution in [-0.4, -0.2) is 30.1 Å². The lowest BCUT2D eigenvalue weighted by atomic mass is 9.96. The summed E-state index contributed by atoms with van der Waals surface area (Å²) in [6.07, 6.45) is 7.40. The van der Waals surface area contributed by atoms with Crippen LogP contribution in [0.1, 0.15) is 52.0 Å². The van der Waals surface area contributed by atoms with Crippen LogP contribution in [0, 0.1) is 0 Å². The molecule has 1 fully saturated rings. The Labute approximate surface area is 136 Å². The smallest absolute Gasteiger partial charge is 0.0716 e. The summed E-state index contributed by atoms with van der Waals surface area (Å²) in [7, 11) is 0. The van der Waals surface area contributed by atoms with Gasteiger partial charge in [0, 0.05) is 25.2 Å². The highest BCUT2D eigenvalue weighted by Gasteiger charge is 2.29. The van der Waals surface area contributed by atoms with Gasteiger partial charge in [-0.05, 0) is 51.2 Å². The molecule has 1 saturated heterocycles. The maximum atomic E-state index is 5.71. The summed E-state index contributed by atoms with van der Waals surface area (Å²) < 4.78 is 5.71. The lowest BCUT2D eigenvalue weighted by Gasteiger charge is -2.44. The molecule has 0 aromatic heterocycles. The minimum Gasteiger partial charge on any atom is -0.377 e. The zero-order chi connectivity index (χ0) is 15.8. The Kier molecular flexibility index (Phi) is 6.66. The summed E-state index contributed by atoms with van der Waals surface area (Å²) in [5, 5.41) is 0. The predicted molar refractivity (Wildman–Crippen MR) is 94.0 cm³/mol. The quantitative estimate of drug-likeness (QED) is 0.505. The second kappa shape index (κ2) is 8.50. The van der Waals surface area contributed by atoms with Crippen molar-refractivity contribution in [2.45, 2.75) is 58.6 Å². The highest BCUT2D eigenvalue weighted by Crippen LogP contribution is 2.25. The normalized spacial score (nSPS) is 15.7. The number of hydrogen-bond donors (Lipinski definition) is 0. The third kappa shape index (κ3) is 5.94. The molecular weight excluding hydrogens is 270 g/mol. The van der Waals surface area contributed by atoms with Crippen LogP contribution < -0.4 is 0 Å². The van der Waals surface area contributed by atoms with Crippen LogP contribution in [0.4, 0.5) is 0 Å². The summed E-state index contributed by atoms with van der Waals surface area (Å²) in [4.78, 5) is 2.52. The van der Waals surface area contributed by atoms with Crippen molar-refractivity contribution in [3.05, 3.63) is 47.5 Å². The third-order valence-electron chi connectivity index (χ3n) is 4.27. The first kappa shape index (κ1) is 17.2. The number of hydrogen-bond acceptors (Lipinski definition) is 2. The average molecular weight is 301 g/mol. The molecule has 0 radical (unpaired) electrons. The molecule has 0 bridgehead atoms. The van der Waals surface area contributed by atoms with Crippen LogP contribution in [0.2, 0.25) is 0 Å². The summed E-state index contributed by atoms with van der Waals surface area (Å²) in [5.41, 5.74) is 3.21. The van der Waals surface area contributed by atoms with E-state index < -0.39 is 0 Å². The van der Waals surface area contributed by atoms with Gasteiger partial charge < -0.3 is 4.74 Å². The molecule has 2 heteroatoms. The predicted octanol–water partition coefficient (Wildman–Crippen LogP) is 4.80. The van der Waals surface area contributed by atoms with Crippen LogP contribution in [-0.2, 0) is 11.3 Å². The SMILES string of the molecule is CC(C)(C)N1CC(=CCCCCCOCc2ccccc2)C1. The van der Waals surface area contributed by atoms with Gasteiger partial charge in [-0.3, -0.25) is 4.90 Å². The first-order chi connectivity index (χ1) is 10.6. The Bertz CT molecular complexity index is 450. The van der Waals surface area contributed by atoms with Gasteiger partial charge in [-0.2, -0.15) is 0 Å². The van der Waals surface area contributed by atoms with Crippen molar-refractivity contribution in [2.24, 2.45) is 0 Å². The van der Waals surface area contributed by atoms with Crippen molar-refractivity contribution in [1.29, 1.82) is 0 Å². The molecule has 0 spiro atoms. The van der Waals surface area contributed by atoms with Gasteiger partial charge in [-0.15, -0.1) is 0 Å². The van der Waals surface area contributed by atoms with Crippen LogP contribution in [0.25, 0.3) is 0 Å². The van der Waals surface area contributed by atoms with Crippen molar-refractivity contribution in [3.63, 3.8) is 0 Å². The topological polar surface area (TPSA) is 12.5 Å². The van der Waals surface area contributed by atoms with Gasteiger partial charge in [0.1, 0.15) is 0 Å². The van der Waals surface area contributed by atoms with E-state index in [-0.39, 0.29) is 0 Å². The first-order valence-corrected chi connectivity index (χ1v) is 8.60. The number of nitrogens with zero attached hydrogens (tertiary/aromatic N) is 1. The Morgan fingerprint density at radius 1 is 1.05 bits per heavy atom. The van der Waals surface area contributed by atoms with Gasteiger partial charge in [0.2, 0.25) is 0 Å². The highest BCUT2D eigenvalue weighted by atomic mass is 16.5. The Hall–Kier alpha value is -1.12. The van der Waals surface area contributed by atoms with Crippen LogP contribution in [0.5, 0.6) is 0 Å². The van der Waals surface area contributed by atoms with Crippen molar-refractivity contribution in [2.75, 3.05) is 19.7 Å². The maximum Gasteiger partial charge on any atom is 0.0716 e. The monoisotopic (exact) mass is 301 g/mol. The number of rotatable bonds is 8. The first-order valence-electron chi connectivity index (χ1n) is 8.60. The second-order valence-corrected chi connectivity index (χ2v) is 7.28. The molecule has 0 amide bonds. The summed E-state index contributed by atoms with van der Waals surface area (Å²) >= 11 is 0. The molecule has 0 unspecified atom stereocenters. The number of ether oxygens (including phenoxy) is 1. The van der Waals surface area contributed by atoms with E-state index in [0.29, 0.717) is 5.54 Å². The molecule has 0 atom stereocenters. The minimum atomic E-state index is 0.327. The molecule has 1 aromatic carbocycles. The molecule has 2 rings (SSSR count). The molecule has 1 aromatic rings. The van der Waals surface area contributed by atoms with Gasteiger partial charge in [0.05, 0.1) is 6.61 Å². The summed E-state index contributed by atoms with van der Waals surface area (Å²) in [6.45, 7) is 10.8. The molecule has 1 aliphatic rings. The molecular formula is C20H31NO. The Morgan fingerprint density at radius 3 is 2.45 bits per heavy atom. The zero-order valence-electron chi connectivity index (χ0n) is 14.5. The fourth-order valence-electron chi connectivity index (χ4n) is 2.64. The average Bonchev–Trinajstić information content (AvgIpc) is 2.43. The molecule has 1 aliphatic heterocycles. The van der Waals surface area contributed by atoms with Crippen LogP contribution in [0.3, 0.4) is 0 Å². The van der Waals surface area contributed by atoms with E-state index in [4.69, 9.17) is 4.74 Å². The molecule has 0 saturated carbocycles. The maximum absolute atomic E-state index is 5.71. The Morgan fingerprint density at radius 2 is 1.77 bits per heavy atom. The van der Waals surface area contributed by atoms with E-state index in [2.05, 4.69) is 56.0 Å². The second-order valence-electron chi connectivity index (χ2n) is 7.28. The lowest BCUT2D eigenvalue weighted by molar-refractivity contribution is 0.115. The summed E-state index contributed by atoms with van der Waals surface area (Å²) in [5.74, 6) is 0. The number of likely N-dealkylation sites (tertiary alicyclic amines) is 1. The highest BCUT2D eigenvalue weighted by molar-refractivity contribution is 5.17. The molecule has 0 N–H and O–H groups in total. The zero-order valence-corrected chi connectivity index (χ0v) is 14.5. The van der Waals surface area contributed by atoms with Crippen LogP contribution in [0.15, 0.2) is 42.0 Å². The van der Waals surface area contributed by atoms with Gasteiger partial charge in [0.15, 0.2) is 0 Å². The van der Waals surface area contributed by atoms with E-state index in [1.54, 1.807) is 5.57 Å². The number of allylic oxidation sites excluding steroid dienone is 1. The largest absolute Gasteiger partial charge is 0.377 e. The number of unbranched alkanes of at least 4 members (excludes halogenated alkanes) is 3. The van der Waals surface area contributed by atoms with Gasteiger partial charge in [-0.25, -0.2) is 0 Å². The number of benzene rings is 1. The van der Waals surface area contributed by atoms with Gasteiger partial charge in [0.25, 0.3) is 0 Å². The standard InChI is InChI=1S/C20H31NO/c1-20(2,3)21-15-19(16-21)13-7-4-5-10-14-22-17-18-11-8-6-9-12-18/h6,8-9,11-13H,4-5,7,10,14-17H2,1-3H3. The van der Waals surface area contributed by atoms with Crippen molar-refractivity contribution in [1.82, 2.24) is 4.90 Å². The fraction of sp³-hybridized carbons (Fsp3) is 0.600. The molecule has 1 heterocycles. The molecule has 0 aliphatic carbocycles. The Balaban J connectivity index is 1.44. The van der Waals surface area contributed by atoms with Crippen molar-refractivity contribution >= 4 is 0 Å². The van der Waals surface area contributed by atoms with Gasteiger partial charge in [-0.1, -0.05) is 42.8 Å². The van der Waals surface area contributed by atoms with Gasteiger partial charge >= 0.3 is 0 Å². The van der Waals surface area contributed by atoms with E-state index in [1.807, 2.05) is 6.07 Å². The summed E-state index contributed by atoms with van der Waals surface area (Å²) in [6, 6.07) is 10.4. The minimum absolute atomic E-state index is 0.327. The van der Waals surface area contributed by atoms with Crippen molar-refractivity contribution < 1.29 is 4.74 Å². The van der Waals surface area contributed by atoms with E-state index in [0.717, 1.165) is 13.2 Å². The lowest BCUT2D eigenvalue weighted by Crippen LogP contribution is -2.51. The fourth-order valence-corrected chi connectivity index (χ4v) is 2.64. The van der Waals surface area contributed by atoms with Crippen molar-refractivity contribution in [3.8, 4) is 0 Å². The van der Waals surface area contributed by atoms with E-state index >= 15 is 0 Å². The third-order valence-corrected chi connectivity index (χ3v) is 4.27.